The highest BCUT2D eigenvalue weighted by Gasteiger charge is 2.40. The number of benzene rings is 2. The topological polar surface area (TPSA) is 67.2 Å². The van der Waals surface area contributed by atoms with Crippen molar-refractivity contribution >= 4 is 40.7 Å². The molecular weight excluding hydrogens is 543 g/mol. The van der Waals surface area contributed by atoms with Crippen molar-refractivity contribution in [2.45, 2.75) is 51.8 Å². The fourth-order valence-electron chi connectivity index (χ4n) is 4.97. The molecule has 0 saturated heterocycles. The first kappa shape index (κ1) is 28.1. The summed E-state index contributed by atoms with van der Waals surface area (Å²) in [5, 5.41) is 12.1. The maximum atomic E-state index is 13.8. The van der Waals surface area contributed by atoms with Gasteiger partial charge in [-0.25, -0.2) is 9.07 Å². The van der Waals surface area contributed by atoms with E-state index in [-0.39, 0.29) is 47.1 Å². The molecule has 0 spiro atoms. The fourth-order valence-corrected chi connectivity index (χ4v) is 6.93. The molecule has 0 aliphatic carbocycles. The largest absolute Gasteiger partial charge is 0.350 e. The number of hydrogen-bond donors (Lipinski definition) is 1. The number of amides is 2. The standard InChI is InChI=1S/C31H33FN4O2S2/c1-19-6-11-24(20(2)14-19)36-30-27(29(34-36)31(3,4)5)28(22-12-13-39-17-22)40-18-26(38)35(30)16-25(37)33-15-21-7-9-23(32)10-8-21/h6-14,17,28H,15-16,18H2,1-5H3,(H,33,37)/t28-/m1/s1. The van der Waals surface area contributed by atoms with Gasteiger partial charge in [0.2, 0.25) is 11.8 Å². The van der Waals surface area contributed by atoms with Crippen molar-refractivity contribution < 1.29 is 14.0 Å². The minimum absolute atomic E-state index is 0.105. The van der Waals surface area contributed by atoms with Crippen LogP contribution in [0.1, 0.15) is 59.5 Å². The molecule has 208 valence electrons. The summed E-state index contributed by atoms with van der Waals surface area (Å²) in [6.45, 7) is 10.6. The summed E-state index contributed by atoms with van der Waals surface area (Å²) in [4.78, 5) is 28.6. The van der Waals surface area contributed by atoms with Gasteiger partial charge in [0.05, 0.1) is 22.4 Å². The van der Waals surface area contributed by atoms with Crippen LogP contribution >= 0.6 is 23.1 Å². The summed E-state index contributed by atoms with van der Waals surface area (Å²) in [5.41, 5.74) is 6.49. The van der Waals surface area contributed by atoms with Crippen molar-refractivity contribution in [3.05, 3.63) is 98.6 Å². The Hall–Kier alpha value is -3.43. The first-order chi connectivity index (χ1) is 19.0. The zero-order valence-corrected chi connectivity index (χ0v) is 25.0. The van der Waals surface area contributed by atoms with E-state index in [2.05, 4.69) is 43.6 Å². The van der Waals surface area contributed by atoms with Gasteiger partial charge in [-0.1, -0.05) is 50.6 Å². The van der Waals surface area contributed by atoms with Crippen LogP contribution in [0, 0.1) is 19.7 Å². The van der Waals surface area contributed by atoms with Gasteiger partial charge >= 0.3 is 0 Å². The first-order valence-corrected chi connectivity index (χ1v) is 15.2. The minimum Gasteiger partial charge on any atom is -0.350 e. The Labute approximate surface area is 242 Å². The lowest BCUT2D eigenvalue weighted by Crippen LogP contribution is -2.42. The molecule has 0 radical (unpaired) electrons. The Morgan fingerprint density at radius 2 is 1.88 bits per heavy atom. The fraction of sp³-hybridized carbons (Fsp3) is 0.323. The molecule has 5 rings (SSSR count). The Morgan fingerprint density at radius 3 is 2.52 bits per heavy atom. The van der Waals surface area contributed by atoms with Crippen molar-refractivity contribution in [3.63, 3.8) is 0 Å². The maximum absolute atomic E-state index is 13.8. The van der Waals surface area contributed by atoms with Gasteiger partial charge in [0.15, 0.2) is 0 Å². The predicted octanol–water partition coefficient (Wildman–Crippen LogP) is 6.47. The van der Waals surface area contributed by atoms with Crippen molar-refractivity contribution in [1.29, 1.82) is 0 Å². The molecule has 2 aromatic carbocycles. The molecule has 0 fully saturated rings. The Morgan fingerprint density at radius 1 is 1.12 bits per heavy atom. The summed E-state index contributed by atoms with van der Waals surface area (Å²) in [7, 11) is 0. The van der Waals surface area contributed by atoms with Crippen LogP contribution in [0.15, 0.2) is 59.3 Å². The van der Waals surface area contributed by atoms with Crippen LogP contribution in [-0.4, -0.2) is 33.9 Å². The summed E-state index contributed by atoms with van der Waals surface area (Å²) in [5.74, 6) is 0.0991. The molecule has 9 heteroatoms. The Bertz CT molecular complexity index is 1540. The highest BCUT2D eigenvalue weighted by molar-refractivity contribution is 8.00. The molecule has 2 aromatic heterocycles. The molecule has 0 saturated carbocycles. The third-order valence-corrected chi connectivity index (χ3v) is 8.89. The van der Waals surface area contributed by atoms with Gasteiger partial charge < -0.3 is 5.32 Å². The number of aromatic nitrogens is 2. The minimum atomic E-state index is -0.329. The lowest BCUT2D eigenvalue weighted by Gasteiger charge is -2.24. The molecule has 1 aliphatic rings. The molecule has 1 aliphatic heterocycles. The molecular formula is C31H33FN4O2S2. The first-order valence-electron chi connectivity index (χ1n) is 13.2. The zero-order valence-electron chi connectivity index (χ0n) is 23.3. The van der Waals surface area contributed by atoms with Gasteiger partial charge in [-0.3, -0.25) is 14.5 Å². The van der Waals surface area contributed by atoms with Crippen LogP contribution in [0.25, 0.3) is 5.69 Å². The summed E-state index contributed by atoms with van der Waals surface area (Å²) < 4.78 is 15.2. The lowest BCUT2D eigenvalue weighted by atomic mass is 9.87. The average Bonchev–Trinajstić information content (AvgIpc) is 3.54. The number of thioether (sulfide) groups is 1. The number of thiophene rings is 1. The SMILES string of the molecule is Cc1ccc(-n2nc(C(C)(C)C)c3c2N(CC(=O)NCc2ccc(F)cc2)C(=O)CS[C@@H]3c2ccsc2)c(C)c1. The molecule has 1 atom stereocenters. The van der Waals surface area contributed by atoms with Crippen LogP contribution < -0.4 is 10.2 Å². The number of carbonyl (C=O) groups is 2. The molecule has 2 amide bonds. The number of anilines is 1. The van der Waals surface area contributed by atoms with Gasteiger partial charge in [0.25, 0.3) is 0 Å². The smallest absolute Gasteiger partial charge is 0.240 e. The predicted molar refractivity (Wildman–Crippen MR) is 161 cm³/mol. The average molecular weight is 577 g/mol. The van der Waals surface area contributed by atoms with E-state index in [1.54, 1.807) is 40.1 Å². The quantitative estimate of drug-likeness (QED) is 0.286. The number of hydrogen-bond acceptors (Lipinski definition) is 5. The number of carbonyl (C=O) groups excluding carboxylic acids is 2. The molecule has 4 aromatic rings. The van der Waals surface area contributed by atoms with Gasteiger partial charge in [0, 0.05) is 17.5 Å². The van der Waals surface area contributed by atoms with Crippen LogP contribution in [0.4, 0.5) is 10.2 Å². The van der Waals surface area contributed by atoms with Crippen molar-refractivity contribution in [1.82, 2.24) is 15.1 Å². The zero-order chi connectivity index (χ0) is 28.6. The number of fused-ring (bicyclic) bond motifs is 1. The molecule has 40 heavy (non-hydrogen) atoms. The van der Waals surface area contributed by atoms with Gasteiger partial charge in [-0.2, -0.15) is 16.4 Å². The second kappa shape index (κ2) is 11.2. The molecule has 3 heterocycles. The molecule has 0 bridgehead atoms. The lowest BCUT2D eigenvalue weighted by molar-refractivity contribution is -0.123. The Balaban J connectivity index is 1.63. The molecule has 0 unspecified atom stereocenters. The van der Waals surface area contributed by atoms with Gasteiger partial charge in [-0.05, 0) is 65.6 Å². The second-order valence-electron chi connectivity index (χ2n) is 11.2. The highest BCUT2D eigenvalue weighted by Crippen LogP contribution is 2.48. The second-order valence-corrected chi connectivity index (χ2v) is 13.0. The molecule has 1 N–H and O–H groups in total. The number of rotatable bonds is 6. The van der Waals surface area contributed by atoms with Crippen molar-refractivity contribution in [2.75, 3.05) is 17.2 Å². The third-order valence-electron chi connectivity index (χ3n) is 6.93. The van der Waals surface area contributed by atoms with Crippen LogP contribution in [0.2, 0.25) is 0 Å². The van der Waals surface area contributed by atoms with Crippen LogP contribution in [0.3, 0.4) is 0 Å². The number of halogens is 1. The van der Waals surface area contributed by atoms with E-state index < -0.39 is 0 Å². The summed E-state index contributed by atoms with van der Waals surface area (Å²) in [6, 6.07) is 14.3. The number of nitrogens with zero attached hydrogens (tertiary/aromatic N) is 3. The monoisotopic (exact) mass is 576 g/mol. The van der Waals surface area contributed by atoms with E-state index >= 15 is 0 Å². The van der Waals surface area contributed by atoms with Crippen LogP contribution in [-0.2, 0) is 21.5 Å². The maximum Gasteiger partial charge on any atom is 0.240 e. The number of aryl methyl sites for hydroxylation is 2. The Kier molecular flexibility index (Phi) is 7.88. The van der Waals surface area contributed by atoms with Gasteiger partial charge in [0.1, 0.15) is 18.2 Å². The van der Waals surface area contributed by atoms with Crippen molar-refractivity contribution in [3.8, 4) is 5.69 Å². The van der Waals surface area contributed by atoms with Crippen LogP contribution in [0.5, 0.6) is 0 Å². The third kappa shape index (κ3) is 5.71. The van der Waals surface area contributed by atoms with E-state index in [0.29, 0.717) is 5.82 Å². The summed E-state index contributed by atoms with van der Waals surface area (Å²) in [6.07, 6.45) is 0. The van der Waals surface area contributed by atoms with E-state index in [0.717, 1.165) is 39.2 Å². The van der Waals surface area contributed by atoms with E-state index in [9.17, 15) is 14.0 Å². The van der Waals surface area contributed by atoms with Gasteiger partial charge in [-0.15, -0.1) is 11.8 Å². The molecule has 6 nitrogen and oxygen atoms in total. The summed E-state index contributed by atoms with van der Waals surface area (Å²) >= 11 is 3.20. The van der Waals surface area contributed by atoms with E-state index in [4.69, 9.17) is 5.10 Å². The van der Waals surface area contributed by atoms with E-state index in [1.807, 2.05) is 36.0 Å². The van der Waals surface area contributed by atoms with Crippen molar-refractivity contribution in [2.24, 2.45) is 0 Å². The normalized spacial score (nSPS) is 15.6. The highest BCUT2D eigenvalue weighted by atomic mass is 32.2. The van der Waals surface area contributed by atoms with E-state index in [1.165, 1.54) is 12.1 Å². The number of nitrogens with one attached hydrogen (secondary N) is 1.